The van der Waals surface area contributed by atoms with Gasteiger partial charge in [0.15, 0.2) is 0 Å². The van der Waals surface area contributed by atoms with Crippen molar-refractivity contribution in [2.24, 2.45) is 0 Å². The van der Waals surface area contributed by atoms with Gasteiger partial charge < -0.3 is 10.1 Å². The van der Waals surface area contributed by atoms with Gasteiger partial charge in [-0.3, -0.25) is 9.78 Å². The fourth-order valence-electron chi connectivity index (χ4n) is 1.48. The Morgan fingerprint density at radius 1 is 1.26 bits per heavy atom. The van der Waals surface area contributed by atoms with Crippen LogP contribution < -0.4 is 10.1 Å². The lowest BCUT2D eigenvalue weighted by Gasteiger charge is -2.07. The van der Waals surface area contributed by atoms with Gasteiger partial charge in [0.1, 0.15) is 23.9 Å². The van der Waals surface area contributed by atoms with Crippen LogP contribution in [0.15, 0.2) is 48.7 Å². The molecule has 0 spiro atoms. The summed E-state index contributed by atoms with van der Waals surface area (Å²) in [4.78, 5) is 15.5. The number of halogens is 1. The van der Waals surface area contributed by atoms with Crippen LogP contribution >= 0.6 is 0 Å². The van der Waals surface area contributed by atoms with E-state index in [1.54, 1.807) is 36.5 Å². The van der Waals surface area contributed by atoms with Gasteiger partial charge in [0.2, 0.25) is 0 Å². The third-order valence-electron chi connectivity index (χ3n) is 2.35. The van der Waals surface area contributed by atoms with Crippen molar-refractivity contribution in [3.63, 3.8) is 0 Å². The van der Waals surface area contributed by atoms with Crippen LogP contribution in [0.5, 0.6) is 5.75 Å². The van der Waals surface area contributed by atoms with Crippen molar-refractivity contribution in [2.75, 3.05) is 13.2 Å². The number of benzene rings is 1. The van der Waals surface area contributed by atoms with E-state index in [0.29, 0.717) is 18.0 Å². The molecule has 1 N–H and O–H groups in total. The second kappa shape index (κ2) is 6.49. The van der Waals surface area contributed by atoms with Crippen molar-refractivity contribution in [2.45, 2.75) is 0 Å². The Bertz CT molecular complexity index is 546. The van der Waals surface area contributed by atoms with Gasteiger partial charge in [0.05, 0.1) is 6.54 Å². The number of aromatic nitrogens is 1. The fraction of sp³-hybridized carbons (Fsp3) is 0.143. The Kier molecular flexibility index (Phi) is 4.44. The molecule has 0 fully saturated rings. The van der Waals surface area contributed by atoms with Gasteiger partial charge in [-0.1, -0.05) is 12.1 Å². The van der Waals surface area contributed by atoms with E-state index in [1.165, 1.54) is 12.1 Å². The molecule has 2 aromatic rings. The Balaban J connectivity index is 1.74. The zero-order valence-corrected chi connectivity index (χ0v) is 10.2. The lowest BCUT2D eigenvalue weighted by molar-refractivity contribution is 0.0942. The molecule has 0 aliphatic heterocycles. The summed E-state index contributed by atoms with van der Waals surface area (Å²) in [6.07, 6.45) is 1.55. The first-order chi connectivity index (χ1) is 9.25. The van der Waals surface area contributed by atoms with Gasteiger partial charge in [-0.05, 0) is 24.3 Å². The summed E-state index contributed by atoms with van der Waals surface area (Å²) in [6, 6.07) is 11.0. The number of nitrogens with one attached hydrogen (secondary N) is 1. The Morgan fingerprint density at radius 3 is 2.89 bits per heavy atom. The van der Waals surface area contributed by atoms with E-state index < -0.39 is 0 Å². The number of rotatable bonds is 5. The van der Waals surface area contributed by atoms with Crippen LogP contribution in [0.1, 0.15) is 10.5 Å². The molecular formula is C14H13FN2O2. The maximum absolute atomic E-state index is 12.9. The van der Waals surface area contributed by atoms with Crippen molar-refractivity contribution in [3.05, 3.63) is 60.2 Å². The number of carbonyl (C=O) groups excluding carboxylic acids is 1. The average Bonchev–Trinajstić information content (AvgIpc) is 2.44. The summed E-state index contributed by atoms with van der Waals surface area (Å²) < 4.78 is 18.2. The van der Waals surface area contributed by atoms with E-state index in [2.05, 4.69) is 10.3 Å². The van der Waals surface area contributed by atoms with E-state index in [4.69, 9.17) is 4.74 Å². The van der Waals surface area contributed by atoms with Crippen LogP contribution in [0.4, 0.5) is 4.39 Å². The van der Waals surface area contributed by atoms with E-state index in [-0.39, 0.29) is 18.3 Å². The van der Waals surface area contributed by atoms with Gasteiger partial charge in [0.25, 0.3) is 5.91 Å². The number of carbonyl (C=O) groups is 1. The zero-order chi connectivity index (χ0) is 13.5. The Morgan fingerprint density at radius 2 is 2.16 bits per heavy atom. The molecule has 2 rings (SSSR count). The van der Waals surface area contributed by atoms with Crippen molar-refractivity contribution >= 4 is 5.91 Å². The lowest BCUT2D eigenvalue weighted by atomic mass is 10.3. The highest BCUT2D eigenvalue weighted by Crippen LogP contribution is 2.11. The zero-order valence-electron chi connectivity index (χ0n) is 10.2. The summed E-state index contributed by atoms with van der Waals surface area (Å²) in [5.41, 5.74) is 0.355. The average molecular weight is 260 g/mol. The van der Waals surface area contributed by atoms with Gasteiger partial charge in [0, 0.05) is 12.3 Å². The molecule has 5 heteroatoms. The first-order valence-corrected chi connectivity index (χ1v) is 5.83. The second-order valence-corrected chi connectivity index (χ2v) is 3.78. The van der Waals surface area contributed by atoms with Crippen LogP contribution in [-0.4, -0.2) is 24.0 Å². The molecule has 19 heavy (non-hydrogen) atoms. The Labute approximate surface area is 110 Å². The maximum atomic E-state index is 12.9. The quantitative estimate of drug-likeness (QED) is 0.837. The minimum atomic E-state index is -0.352. The molecule has 0 bridgehead atoms. The topological polar surface area (TPSA) is 51.2 Å². The highest BCUT2D eigenvalue weighted by molar-refractivity contribution is 5.92. The number of nitrogens with zero attached hydrogens (tertiary/aromatic N) is 1. The largest absolute Gasteiger partial charge is 0.492 e. The number of pyridine rings is 1. The molecule has 0 atom stereocenters. The molecule has 0 unspecified atom stereocenters. The summed E-state index contributed by atoms with van der Waals surface area (Å²) in [5, 5.41) is 2.66. The van der Waals surface area contributed by atoms with E-state index in [0.717, 1.165) is 0 Å². The Hall–Kier alpha value is -2.43. The molecular weight excluding hydrogens is 247 g/mol. The monoisotopic (exact) mass is 260 g/mol. The molecule has 98 valence electrons. The smallest absolute Gasteiger partial charge is 0.269 e. The van der Waals surface area contributed by atoms with Gasteiger partial charge >= 0.3 is 0 Å². The molecule has 0 saturated heterocycles. The summed E-state index contributed by atoms with van der Waals surface area (Å²) >= 11 is 0. The molecule has 0 aliphatic rings. The first-order valence-electron chi connectivity index (χ1n) is 5.83. The third kappa shape index (κ3) is 4.06. The van der Waals surface area contributed by atoms with Crippen molar-refractivity contribution in [3.8, 4) is 5.75 Å². The summed E-state index contributed by atoms with van der Waals surface area (Å²) in [6.45, 7) is 0.591. The standard InChI is InChI=1S/C14H13FN2O2/c15-11-4-3-5-12(10-11)19-9-8-17-14(18)13-6-1-2-7-16-13/h1-7,10H,8-9H2,(H,17,18). The summed E-state index contributed by atoms with van der Waals surface area (Å²) in [7, 11) is 0. The highest BCUT2D eigenvalue weighted by atomic mass is 19.1. The predicted molar refractivity (Wildman–Crippen MR) is 68.5 cm³/mol. The van der Waals surface area contributed by atoms with Crippen LogP contribution in [0.25, 0.3) is 0 Å². The van der Waals surface area contributed by atoms with Crippen molar-refractivity contribution in [1.82, 2.24) is 10.3 Å². The van der Waals surface area contributed by atoms with Crippen LogP contribution in [0.3, 0.4) is 0 Å². The molecule has 0 aliphatic carbocycles. The van der Waals surface area contributed by atoms with E-state index in [1.807, 2.05) is 0 Å². The minimum absolute atomic E-state index is 0.261. The van der Waals surface area contributed by atoms with Crippen LogP contribution in [0.2, 0.25) is 0 Å². The maximum Gasteiger partial charge on any atom is 0.269 e. The highest BCUT2D eigenvalue weighted by Gasteiger charge is 2.04. The minimum Gasteiger partial charge on any atom is -0.492 e. The SMILES string of the molecule is O=C(NCCOc1cccc(F)c1)c1ccccn1. The van der Waals surface area contributed by atoms with E-state index >= 15 is 0 Å². The second-order valence-electron chi connectivity index (χ2n) is 3.78. The number of hydrogen-bond donors (Lipinski definition) is 1. The third-order valence-corrected chi connectivity index (χ3v) is 2.35. The number of amides is 1. The van der Waals surface area contributed by atoms with Crippen LogP contribution in [-0.2, 0) is 0 Å². The predicted octanol–water partition coefficient (Wildman–Crippen LogP) is 2.03. The van der Waals surface area contributed by atoms with Crippen molar-refractivity contribution in [1.29, 1.82) is 0 Å². The molecule has 4 nitrogen and oxygen atoms in total. The summed E-state index contributed by atoms with van der Waals surface area (Å²) in [5.74, 6) is -0.175. The molecule has 1 amide bonds. The van der Waals surface area contributed by atoms with Gasteiger partial charge in [-0.2, -0.15) is 0 Å². The molecule has 1 aromatic heterocycles. The van der Waals surface area contributed by atoms with Gasteiger partial charge in [-0.25, -0.2) is 4.39 Å². The molecule has 1 heterocycles. The van der Waals surface area contributed by atoms with E-state index in [9.17, 15) is 9.18 Å². The molecule has 0 radical (unpaired) electrons. The lowest BCUT2D eigenvalue weighted by Crippen LogP contribution is -2.28. The number of ether oxygens (including phenoxy) is 1. The first kappa shape index (κ1) is 13.0. The normalized spacial score (nSPS) is 9.95. The number of hydrogen-bond acceptors (Lipinski definition) is 3. The van der Waals surface area contributed by atoms with Crippen molar-refractivity contribution < 1.29 is 13.9 Å². The molecule has 1 aromatic carbocycles. The molecule has 0 saturated carbocycles. The van der Waals surface area contributed by atoms with Crippen LogP contribution in [0, 0.1) is 5.82 Å². The fourth-order valence-corrected chi connectivity index (χ4v) is 1.48. The van der Waals surface area contributed by atoms with Gasteiger partial charge in [-0.15, -0.1) is 0 Å².